The highest BCUT2D eigenvalue weighted by Crippen LogP contribution is 2.54. The van der Waals surface area contributed by atoms with E-state index in [0.717, 1.165) is 23.7 Å². The molecular formula is C11H17N. The van der Waals surface area contributed by atoms with E-state index in [1.165, 1.54) is 32.1 Å². The zero-order valence-electron chi connectivity index (χ0n) is 7.58. The summed E-state index contributed by atoms with van der Waals surface area (Å²) in [5, 5.41) is 0. The maximum Gasteiger partial charge on any atom is 0.0549 e. The minimum atomic E-state index is 0.651. The first-order chi connectivity index (χ1) is 5.86. The summed E-state index contributed by atoms with van der Waals surface area (Å²) in [5.41, 5.74) is 0. The lowest BCUT2D eigenvalue weighted by molar-refractivity contribution is 0.00159. The van der Waals surface area contributed by atoms with Crippen LogP contribution in [0.5, 0.6) is 0 Å². The molecule has 0 N–H and O–H groups in total. The molecule has 12 heavy (non-hydrogen) atoms. The first-order valence-corrected chi connectivity index (χ1v) is 5.32. The Morgan fingerprint density at radius 1 is 0.833 bits per heavy atom. The molecule has 0 radical (unpaired) electrons. The van der Waals surface area contributed by atoms with Crippen LogP contribution in [0, 0.1) is 23.7 Å². The Hall–Kier alpha value is -0.330. The average Bonchev–Trinajstić information content (AvgIpc) is 2.02. The van der Waals surface area contributed by atoms with Crippen molar-refractivity contribution in [3.63, 3.8) is 0 Å². The van der Waals surface area contributed by atoms with Gasteiger partial charge in [-0.2, -0.15) is 0 Å². The zero-order valence-corrected chi connectivity index (χ0v) is 7.58. The zero-order chi connectivity index (χ0) is 8.13. The quantitative estimate of drug-likeness (QED) is 0.527. The van der Waals surface area contributed by atoms with Gasteiger partial charge in [0.1, 0.15) is 0 Å². The van der Waals surface area contributed by atoms with Crippen molar-refractivity contribution >= 4 is 6.72 Å². The van der Waals surface area contributed by atoms with Crippen LogP contribution in [0.2, 0.25) is 0 Å². The first kappa shape index (κ1) is 7.11. The van der Waals surface area contributed by atoms with Crippen LogP contribution in [-0.2, 0) is 0 Å². The summed E-state index contributed by atoms with van der Waals surface area (Å²) in [7, 11) is 0. The largest absolute Gasteiger partial charge is 0.297 e. The highest BCUT2D eigenvalue weighted by atomic mass is 14.8. The molecule has 0 aliphatic heterocycles. The third kappa shape index (κ3) is 0.826. The minimum Gasteiger partial charge on any atom is -0.297 e. The Kier molecular flexibility index (Phi) is 1.38. The smallest absolute Gasteiger partial charge is 0.0549 e. The molecule has 0 saturated heterocycles. The lowest BCUT2D eigenvalue weighted by Crippen LogP contribution is -2.47. The van der Waals surface area contributed by atoms with E-state index in [2.05, 4.69) is 11.7 Å². The third-order valence-electron chi connectivity index (χ3n) is 4.39. The molecule has 0 amide bonds. The molecule has 66 valence electrons. The van der Waals surface area contributed by atoms with Crippen LogP contribution in [0.1, 0.15) is 32.1 Å². The number of nitrogens with zero attached hydrogens (tertiary/aromatic N) is 1. The summed E-state index contributed by atoms with van der Waals surface area (Å²) >= 11 is 0. The fraction of sp³-hybridized carbons (Fsp3) is 0.909. The van der Waals surface area contributed by atoms with E-state index in [1.807, 2.05) is 0 Å². The van der Waals surface area contributed by atoms with Gasteiger partial charge in [-0.3, -0.25) is 4.99 Å². The second-order valence-electron chi connectivity index (χ2n) is 5.10. The molecule has 0 atom stereocenters. The summed E-state index contributed by atoms with van der Waals surface area (Å²) in [4.78, 5) is 4.34. The summed E-state index contributed by atoms with van der Waals surface area (Å²) in [6.07, 6.45) is 7.41. The molecule has 1 heteroatoms. The van der Waals surface area contributed by atoms with Crippen molar-refractivity contribution in [2.45, 2.75) is 38.1 Å². The van der Waals surface area contributed by atoms with Crippen molar-refractivity contribution in [2.75, 3.05) is 0 Å². The topological polar surface area (TPSA) is 12.4 Å². The molecule has 0 aromatic carbocycles. The van der Waals surface area contributed by atoms with Crippen LogP contribution in [0.4, 0.5) is 0 Å². The molecule has 4 aliphatic carbocycles. The molecule has 4 aliphatic rings. The van der Waals surface area contributed by atoms with Crippen molar-refractivity contribution in [3.05, 3.63) is 0 Å². The van der Waals surface area contributed by atoms with Gasteiger partial charge < -0.3 is 0 Å². The highest BCUT2D eigenvalue weighted by Gasteiger charge is 2.47. The fourth-order valence-corrected chi connectivity index (χ4v) is 4.19. The van der Waals surface area contributed by atoms with Crippen molar-refractivity contribution in [3.8, 4) is 0 Å². The van der Waals surface area contributed by atoms with Gasteiger partial charge in [-0.15, -0.1) is 0 Å². The van der Waals surface area contributed by atoms with E-state index in [0.29, 0.717) is 6.04 Å². The number of hydrogen-bond donors (Lipinski definition) is 0. The number of rotatable bonds is 1. The van der Waals surface area contributed by atoms with Crippen LogP contribution in [0.25, 0.3) is 0 Å². The number of hydrogen-bond acceptors (Lipinski definition) is 1. The predicted octanol–water partition coefficient (Wildman–Crippen LogP) is 2.51. The van der Waals surface area contributed by atoms with E-state index in [9.17, 15) is 0 Å². The molecule has 4 bridgehead atoms. The van der Waals surface area contributed by atoms with Gasteiger partial charge >= 0.3 is 0 Å². The predicted molar refractivity (Wildman–Crippen MR) is 50.4 cm³/mol. The lowest BCUT2D eigenvalue weighted by Gasteiger charge is -2.52. The average molecular weight is 163 g/mol. The summed E-state index contributed by atoms with van der Waals surface area (Å²) < 4.78 is 0. The van der Waals surface area contributed by atoms with Crippen molar-refractivity contribution in [1.29, 1.82) is 0 Å². The van der Waals surface area contributed by atoms with Crippen LogP contribution in [0.15, 0.2) is 4.99 Å². The lowest BCUT2D eigenvalue weighted by atomic mass is 9.54. The summed E-state index contributed by atoms with van der Waals surface area (Å²) in [6, 6.07) is 0.651. The molecule has 0 aromatic rings. The van der Waals surface area contributed by atoms with E-state index in [1.54, 1.807) is 0 Å². The normalized spacial score (nSPS) is 55.8. The molecule has 0 spiro atoms. The molecule has 4 fully saturated rings. The van der Waals surface area contributed by atoms with Crippen molar-refractivity contribution in [2.24, 2.45) is 28.7 Å². The van der Waals surface area contributed by atoms with Crippen molar-refractivity contribution < 1.29 is 0 Å². The van der Waals surface area contributed by atoms with Crippen LogP contribution in [0.3, 0.4) is 0 Å². The van der Waals surface area contributed by atoms with E-state index in [-0.39, 0.29) is 0 Å². The van der Waals surface area contributed by atoms with Gasteiger partial charge in [-0.05, 0) is 62.5 Å². The second-order valence-corrected chi connectivity index (χ2v) is 5.10. The summed E-state index contributed by atoms with van der Waals surface area (Å²) in [5.74, 6) is 4.01. The Bertz CT molecular complexity index is 181. The number of aliphatic imine (C=N–C) groups is 1. The monoisotopic (exact) mass is 163 g/mol. The maximum absolute atomic E-state index is 4.34. The Balaban J connectivity index is 1.90. The van der Waals surface area contributed by atoms with Gasteiger partial charge in [0.25, 0.3) is 0 Å². The van der Waals surface area contributed by atoms with Crippen LogP contribution < -0.4 is 0 Å². The Labute approximate surface area is 74.3 Å². The Morgan fingerprint density at radius 2 is 1.33 bits per heavy atom. The molecule has 4 saturated carbocycles. The molecule has 1 nitrogen and oxygen atoms in total. The second kappa shape index (κ2) is 2.34. The van der Waals surface area contributed by atoms with Crippen LogP contribution in [-0.4, -0.2) is 12.8 Å². The minimum absolute atomic E-state index is 0.651. The van der Waals surface area contributed by atoms with Gasteiger partial charge in [0, 0.05) is 0 Å². The Morgan fingerprint density at radius 3 is 1.75 bits per heavy atom. The van der Waals surface area contributed by atoms with Crippen LogP contribution >= 0.6 is 0 Å². The van der Waals surface area contributed by atoms with Gasteiger partial charge in [0.05, 0.1) is 6.04 Å². The van der Waals surface area contributed by atoms with E-state index < -0.39 is 0 Å². The molecule has 0 unspecified atom stereocenters. The molecule has 0 aromatic heterocycles. The van der Waals surface area contributed by atoms with Gasteiger partial charge in [-0.1, -0.05) is 0 Å². The maximum atomic E-state index is 4.34. The van der Waals surface area contributed by atoms with E-state index in [4.69, 9.17) is 0 Å². The van der Waals surface area contributed by atoms with Gasteiger partial charge in [0.2, 0.25) is 0 Å². The molecule has 0 heterocycles. The first-order valence-electron chi connectivity index (χ1n) is 5.32. The molecule has 4 rings (SSSR count). The summed E-state index contributed by atoms with van der Waals surface area (Å²) in [6.45, 7) is 3.76. The SMILES string of the molecule is C=NC1C2CC3CC(C2)CC1C3. The fourth-order valence-electron chi connectivity index (χ4n) is 4.19. The van der Waals surface area contributed by atoms with Gasteiger partial charge in [0.15, 0.2) is 0 Å². The van der Waals surface area contributed by atoms with E-state index >= 15 is 0 Å². The van der Waals surface area contributed by atoms with Crippen molar-refractivity contribution in [1.82, 2.24) is 0 Å². The molecular weight excluding hydrogens is 146 g/mol. The van der Waals surface area contributed by atoms with Gasteiger partial charge in [-0.25, -0.2) is 0 Å². The standard InChI is InChI=1S/C11H17N/c1-12-11-9-3-7-2-8(5-9)6-10(11)4-7/h7-11H,1-6H2. The highest BCUT2D eigenvalue weighted by molar-refractivity contribution is 5.25. The third-order valence-corrected chi connectivity index (χ3v) is 4.39.